The smallest absolute Gasteiger partial charge is 0.322 e. The van der Waals surface area contributed by atoms with E-state index in [-0.39, 0.29) is 18.1 Å². The fourth-order valence-corrected chi connectivity index (χ4v) is 6.44. The maximum atomic E-state index is 12.9. The quantitative estimate of drug-likeness (QED) is 0.724. The number of nitrogens with one attached hydrogen (secondary N) is 2. The lowest BCUT2D eigenvalue weighted by molar-refractivity contribution is 0.183. The van der Waals surface area contributed by atoms with Crippen LogP contribution in [0.25, 0.3) is 0 Å². The second kappa shape index (κ2) is 7.85. The maximum absolute atomic E-state index is 12.9. The van der Waals surface area contributed by atoms with Crippen LogP contribution in [-0.2, 0) is 10.0 Å². The normalized spacial score (nSPS) is 23.2. The number of sulfonamides is 1. The molecule has 156 valence electrons. The zero-order valence-electron chi connectivity index (χ0n) is 16.1. The van der Waals surface area contributed by atoms with E-state index >= 15 is 0 Å². The van der Waals surface area contributed by atoms with Crippen molar-refractivity contribution in [3.05, 3.63) is 35.7 Å². The minimum atomic E-state index is -3.57. The zero-order valence-corrected chi connectivity index (χ0v) is 17.8. The van der Waals surface area contributed by atoms with E-state index in [2.05, 4.69) is 10.0 Å². The summed E-state index contributed by atoms with van der Waals surface area (Å²) < 4.78 is 38.8. The summed E-state index contributed by atoms with van der Waals surface area (Å²) in [5, 5.41) is 4.62. The lowest BCUT2D eigenvalue weighted by atomic mass is 10.1. The molecule has 4 rings (SSSR count). The summed E-state index contributed by atoms with van der Waals surface area (Å²) in [5.74, 6) is 1.42. The molecule has 2 N–H and O–H groups in total. The maximum Gasteiger partial charge on any atom is 0.322 e. The van der Waals surface area contributed by atoms with E-state index in [0.29, 0.717) is 33.9 Å². The Hall–Kier alpha value is -2.30. The van der Waals surface area contributed by atoms with Gasteiger partial charge in [0.1, 0.15) is 15.7 Å². The molecule has 1 aliphatic heterocycles. The number of anilines is 1. The number of nitrogens with zero attached hydrogens (tertiary/aromatic N) is 1. The fourth-order valence-electron chi connectivity index (χ4n) is 4.15. The first-order valence-corrected chi connectivity index (χ1v) is 11.6. The van der Waals surface area contributed by atoms with Crippen molar-refractivity contribution in [1.29, 1.82) is 0 Å². The molecule has 8 nitrogen and oxygen atoms in total. The van der Waals surface area contributed by atoms with Crippen LogP contribution in [0.3, 0.4) is 0 Å². The number of thiophene rings is 1. The first-order chi connectivity index (χ1) is 13.9. The minimum absolute atomic E-state index is 0.168. The van der Waals surface area contributed by atoms with Gasteiger partial charge in [0.15, 0.2) is 0 Å². The van der Waals surface area contributed by atoms with Crippen molar-refractivity contribution >= 4 is 33.1 Å². The fraction of sp³-hybridized carbons (Fsp3) is 0.421. The van der Waals surface area contributed by atoms with Crippen molar-refractivity contribution in [1.82, 2.24) is 9.62 Å². The molecule has 2 amide bonds. The van der Waals surface area contributed by atoms with E-state index in [9.17, 15) is 13.2 Å². The second-order valence-electron chi connectivity index (χ2n) is 7.21. The first-order valence-electron chi connectivity index (χ1n) is 9.26. The number of piperidine rings is 1. The van der Waals surface area contributed by atoms with E-state index in [0.717, 1.165) is 12.8 Å². The lowest BCUT2D eigenvalue weighted by Crippen LogP contribution is -2.52. The summed E-state index contributed by atoms with van der Waals surface area (Å²) >= 11 is 1.18. The number of carbonyl (C=O) groups excluding carboxylic acids is 1. The van der Waals surface area contributed by atoms with E-state index < -0.39 is 10.0 Å². The molecule has 0 radical (unpaired) electrons. The lowest BCUT2D eigenvalue weighted by Gasteiger charge is -2.33. The van der Waals surface area contributed by atoms with Crippen molar-refractivity contribution in [3.8, 4) is 11.5 Å². The van der Waals surface area contributed by atoms with Gasteiger partial charge in [-0.2, -0.15) is 0 Å². The van der Waals surface area contributed by atoms with E-state index in [1.165, 1.54) is 18.4 Å². The standard InChI is InChI=1S/C19H23N3O5S2/c1-26-13-5-6-14(17(10-13)27-2)20-19(23)22-11-12-8-15(16(22)9-12)21-29(24,25)18-4-3-7-28-18/h3-7,10,12,15-16,21H,8-9,11H2,1-2H3,(H,20,23). The van der Waals surface area contributed by atoms with Crippen LogP contribution in [0.15, 0.2) is 39.9 Å². The first kappa shape index (κ1) is 20.0. The molecule has 0 spiro atoms. The Kier molecular flexibility index (Phi) is 5.41. The van der Waals surface area contributed by atoms with Gasteiger partial charge >= 0.3 is 6.03 Å². The molecule has 2 bridgehead atoms. The monoisotopic (exact) mass is 437 g/mol. The van der Waals surface area contributed by atoms with Gasteiger partial charge in [-0.1, -0.05) is 6.07 Å². The van der Waals surface area contributed by atoms with E-state index in [4.69, 9.17) is 9.47 Å². The van der Waals surface area contributed by atoms with E-state index in [1.54, 1.807) is 47.7 Å². The Morgan fingerprint density at radius 2 is 2.03 bits per heavy atom. The van der Waals surface area contributed by atoms with Crippen molar-refractivity contribution in [2.45, 2.75) is 29.1 Å². The van der Waals surface area contributed by atoms with Gasteiger partial charge in [-0.05, 0) is 42.3 Å². The number of methoxy groups -OCH3 is 2. The largest absolute Gasteiger partial charge is 0.497 e. The SMILES string of the molecule is COc1ccc(NC(=O)N2CC3CC(NS(=O)(=O)c4cccs4)C2C3)c(OC)c1. The highest BCUT2D eigenvalue weighted by Gasteiger charge is 2.48. The molecule has 10 heteroatoms. The number of hydrogen-bond donors (Lipinski definition) is 2. The third-order valence-electron chi connectivity index (χ3n) is 5.46. The number of hydrogen-bond acceptors (Lipinski definition) is 6. The van der Waals surface area contributed by atoms with Crippen LogP contribution in [0.2, 0.25) is 0 Å². The number of carbonyl (C=O) groups is 1. The van der Waals surface area contributed by atoms with Crippen molar-refractivity contribution in [3.63, 3.8) is 0 Å². The number of likely N-dealkylation sites (tertiary alicyclic amines) is 1. The molecule has 1 aromatic heterocycles. The summed E-state index contributed by atoms with van der Waals surface area (Å²) in [6, 6.07) is 7.74. The van der Waals surface area contributed by atoms with Crippen LogP contribution in [0, 0.1) is 5.92 Å². The molecule has 3 atom stereocenters. The van der Waals surface area contributed by atoms with Crippen LogP contribution in [-0.4, -0.2) is 52.2 Å². The molecular formula is C19H23N3O5S2. The molecule has 2 aromatic rings. The summed E-state index contributed by atoms with van der Waals surface area (Å²) in [5.41, 5.74) is 0.539. The van der Waals surface area contributed by atoms with Crippen molar-refractivity contribution in [2.24, 2.45) is 5.92 Å². The molecule has 2 aliphatic rings. The van der Waals surface area contributed by atoms with Gasteiger partial charge in [0.2, 0.25) is 10.0 Å². The Morgan fingerprint density at radius 1 is 1.21 bits per heavy atom. The Balaban J connectivity index is 1.47. The number of benzene rings is 1. The molecule has 29 heavy (non-hydrogen) atoms. The predicted molar refractivity (Wildman–Crippen MR) is 110 cm³/mol. The molecular weight excluding hydrogens is 414 g/mol. The number of amides is 2. The van der Waals surface area contributed by atoms with Crippen LogP contribution in [0.4, 0.5) is 10.5 Å². The summed E-state index contributed by atoms with van der Waals surface area (Å²) in [6.45, 7) is 0.617. The Bertz CT molecular complexity index is 993. The topological polar surface area (TPSA) is 97.0 Å². The highest BCUT2D eigenvalue weighted by molar-refractivity contribution is 7.91. The van der Waals surface area contributed by atoms with Crippen LogP contribution < -0.4 is 19.5 Å². The Morgan fingerprint density at radius 3 is 2.69 bits per heavy atom. The molecule has 1 aromatic carbocycles. The van der Waals surface area contributed by atoms with Crippen LogP contribution >= 0.6 is 11.3 Å². The highest BCUT2D eigenvalue weighted by Crippen LogP contribution is 2.39. The van der Waals surface area contributed by atoms with Gasteiger partial charge in [0, 0.05) is 18.7 Å². The van der Waals surface area contributed by atoms with Crippen molar-refractivity contribution in [2.75, 3.05) is 26.1 Å². The molecule has 1 saturated heterocycles. The van der Waals surface area contributed by atoms with Gasteiger partial charge in [-0.15, -0.1) is 11.3 Å². The second-order valence-corrected chi connectivity index (χ2v) is 10.1. The molecule has 2 heterocycles. The Labute approximate surface area is 173 Å². The molecule has 1 aliphatic carbocycles. The number of urea groups is 1. The van der Waals surface area contributed by atoms with Gasteiger partial charge < -0.3 is 19.7 Å². The van der Waals surface area contributed by atoms with Gasteiger partial charge in [-0.25, -0.2) is 17.9 Å². The predicted octanol–water partition coefficient (Wildman–Crippen LogP) is 2.74. The number of rotatable bonds is 6. The van der Waals surface area contributed by atoms with Gasteiger partial charge in [0.25, 0.3) is 0 Å². The highest BCUT2D eigenvalue weighted by atomic mass is 32.2. The van der Waals surface area contributed by atoms with Crippen LogP contribution in [0.1, 0.15) is 12.8 Å². The molecule has 2 fully saturated rings. The summed E-state index contributed by atoms with van der Waals surface area (Å²) in [4.78, 5) is 14.6. The van der Waals surface area contributed by atoms with Crippen LogP contribution in [0.5, 0.6) is 11.5 Å². The molecule has 1 saturated carbocycles. The van der Waals surface area contributed by atoms with Gasteiger partial charge in [0.05, 0.1) is 25.9 Å². The summed E-state index contributed by atoms with van der Waals surface area (Å²) in [7, 11) is -0.487. The average Bonchev–Trinajstić information content (AvgIpc) is 3.45. The summed E-state index contributed by atoms with van der Waals surface area (Å²) in [6.07, 6.45) is 1.54. The number of ether oxygens (including phenoxy) is 2. The average molecular weight is 438 g/mol. The zero-order chi connectivity index (χ0) is 20.6. The van der Waals surface area contributed by atoms with Crippen molar-refractivity contribution < 1.29 is 22.7 Å². The molecule has 3 unspecified atom stereocenters. The number of fused-ring (bicyclic) bond motifs is 2. The third kappa shape index (κ3) is 3.92. The third-order valence-corrected chi connectivity index (χ3v) is 8.35. The van der Waals surface area contributed by atoms with Gasteiger partial charge in [-0.3, -0.25) is 0 Å². The minimum Gasteiger partial charge on any atom is -0.497 e. The van der Waals surface area contributed by atoms with E-state index in [1.807, 2.05) is 0 Å².